The lowest BCUT2D eigenvalue weighted by Crippen LogP contribution is -3.17. The number of rotatable bonds is 6. The van der Waals surface area contributed by atoms with Crippen molar-refractivity contribution in [2.24, 2.45) is 5.92 Å². The van der Waals surface area contributed by atoms with Crippen molar-refractivity contribution in [1.29, 1.82) is 0 Å². The number of aryl methyl sites for hydroxylation is 1. The molecule has 1 atom stereocenters. The number of hydrogen-bond acceptors (Lipinski definition) is 5. The van der Waals surface area contributed by atoms with Crippen LogP contribution in [0.1, 0.15) is 58.8 Å². The lowest BCUT2D eigenvalue weighted by Gasteiger charge is -2.31. The molecule has 2 heterocycles. The summed E-state index contributed by atoms with van der Waals surface area (Å²) < 4.78 is 9.90. The molecule has 7 nitrogen and oxygen atoms in total. The van der Waals surface area contributed by atoms with Crippen molar-refractivity contribution in [3.63, 3.8) is 0 Å². The van der Waals surface area contributed by atoms with Crippen molar-refractivity contribution in [2.45, 2.75) is 46.6 Å². The summed E-state index contributed by atoms with van der Waals surface area (Å²) in [6.07, 6.45) is 1.45. The van der Waals surface area contributed by atoms with Crippen LogP contribution in [0.3, 0.4) is 0 Å². The number of ether oxygens (including phenoxy) is 2. The number of piperidine rings is 1. The number of hydrogen-bond donors (Lipinski definition) is 2. The first kappa shape index (κ1) is 20.2. The minimum Gasteiger partial charge on any atom is -0.466 e. The third-order valence-corrected chi connectivity index (χ3v) is 5.33. The van der Waals surface area contributed by atoms with E-state index in [2.05, 4.69) is 4.98 Å². The fraction of sp³-hybridized carbons (Fsp3) is 0.632. The molecule has 1 aliphatic heterocycles. The molecule has 0 aliphatic carbocycles. The van der Waals surface area contributed by atoms with Crippen LogP contribution in [-0.4, -0.2) is 55.6 Å². The minimum atomic E-state index is -0.439. The number of likely N-dealkylation sites (tertiary alicyclic amines) is 1. The summed E-state index contributed by atoms with van der Waals surface area (Å²) in [5.41, 5.74) is 2.17. The summed E-state index contributed by atoms with van der Waals surface area (Å²) in [4.78, 5) is 40.9. The highest BCUT2D eigenvalue weighted by Gasteiger charge is 2.35. The van der Waals surface area contributed by atoms with Crippen LogP contribution in [0.25, 0.3) is 0 Å². The van der Waals surface area contributed by atoms with Gasteiger partial charge in [-0.25, -0.2) is 4.79 Å². The number of methoxy groups -OCH3 is 1. The van der Waals surface area contributed by atoms with Gasteiger partial charge in [0.05, 0.1) is 44.0 Å². The van der Waals surface area contributed by atoms with Crippen LogP contribution in [0.15, 0.2) is 0 Å². The van der Waals surface area contributed by atoms with Crippen molar-refractivity contribution in [3.05, 3.63) is 22.5 Å². The van der Waals surface area contributed by atoms with Gasteiger partial charge in [0.1, 0.15) is 6.04 Å². The number of quaternary nitrogens is 1. The average Bonchev–Trinajstić information content (AvgIpc) is 2.94. The molecule has 2 rings (SSSR count). The molecule has 0 unspecified atom stereocenters. The summed E-state index contributed by atoms with van der Waals surface area (Å²) in [7, 11) is 1.33. The van der Waals surface area contributed by atoms with E-state index in [1.165, 1.54) is 7.11 Å². The van der Waals surface area contributed by atoms with Gasteiger partial charge in [-0.1, -0.05) is 0 Å². The molecule has 2 N–H and O–H groups in total. The monoisotopic (exact) mass is 365 g/mol. The molecule has 1 aromatic heterocycles. The minimum absolute atomic E-state index is 0.0228. The number of carbonyl (C=O) groups excluding carboxylic acids is 3. The molecule has 144 valence electrons. The number of aromatic nitrogens is 1. The molecule has 0 bridgehead atoms. The zero-order valence-electron chi connectivity index (χ0n) is 16.2. The summed E-state index contributed by atoms with van der Waals surface area (Å²) in [6.45, 7) is 9.13. The standard InChI is InChI=1S/C19H28N2O5/c1-6-26-18(23)14-7-9-21(10-8-14)13(4)17(22)16-11(2)15(12(3)20-16)19(24)25-5/h13-14,20H,6-10H2,1-5H3/p+1/t13-/m0/s1. The van der Waals surface area contributed by atoms with E-state index in [4.69, 9.17) is 9.47 Å². The van der Waals surface area contributed by atoms with E-state index in [1.54, 1.807) is 13.8 Å². The van der Waals surface area contributed by atoms with Crippen LogP contribution in [0.2, 0.25) is 0 Å². The zero-order valence-corrected chi connectivity index (χ0v) is 16.2. The van der Waals surface area contributed by atoms with Gasteiger partial charge in [0.15, 0.2) is 0 Å². The quantitative estimate of drug-likeness (QED) is 0.576. The number of nitrogens with one attached hydrogen (secondary N) is 2. The molecule has 0 spiro atoms. The van der Waals surface area contributed by atoms with E-state index in [0.29, 0.717) is 29.1 Å². The first-order valence-electron chi connectivity index (χ1n) is 9.14. The fourth-order valence-electron chi connectivity index (χ4n) is 3.72. The van der Waals surface area contributed by atoms with Crippen LogP contribution in [0.4, 0.5) is 0 Å². The van der Waals surface area contributed by atoms with Gasteiger partial charge in [-0.15, -0.1) is 0 Å². The maximum Gasteiger partial charge on any atom is 0.339 e. The number of carbonyl (C=O) groups is 3. The molecule has 1 aliphatic rings. The van der Waals surface area contributed by atoms with Crippen LogP contribution in [0, 0.1) is 19.8 Å². The van der Waals surface area contributed by atoms with Gasteiger partial charge in [0.25, 0.3) is 0 Å². The highest BCUT2D eigenvalue weighted by Crippen LogP contribution is 2.20. The first-order valence-corrected chi connectivity index (χ1v) is 9.14. The molecule has 0 aromatic carbocycles. The van der Waals surface area contributed by atoms with Crippen molar-refractivity contribution < 1.29 is 28.8 Å². The third kappa shape index (κ3) is 3.98. The van der Waals surface area contributed by atoms with Crippen LogP contribution in [-0.2, 0) is 14.3 Å². The third-order valence-electron chi connectivity index (χ3n) is 5.33. The summed E-state index contributed by atoms with van der Waals surface area (Å²) in [5.74, 6) is -0.665. The van der Waals surface area contributed by atoms with Crippen molar-refractivity contribution in [2.75, 3.05) is 26.8 Å². The number of H-pyrrole nitrogens is 1. The Morgan fingerprint density at radius 1 is 1.23 bits per heavy atom. The Morgan fingerprint density at radius 3 is 2.38 bits per heavy atom. The highest BCUT2D eigenvalue weighted by molar-refractivity contribution is 6.03. The van der Waals surface area contributed by atoms with Gasteiger partial charge in [-0.05, 0) is 33.3 Å². The molecule has 1 fully saturated rings. The van der Waals surface area contributed by atoms with Gasteiger partial charge in [0, 0.05) is 18.5 Å². The van der Waals surface area contributed by atoms with Crippen molar-refractivity contribution >= 4 is 17.7 Å². The Hall–Kier alpha value is -2.15. The second-order valence-corrected chi connectivity index (χ2v) is 6.89. The number of aromatic amines is 1. The van der Waals surface area contributed by atoms with Gasteiger partial charge in [-0.3, -0.25) is 9.59 Å². The Kier molecular flexibility index (Phi) is 6.58. The van der Waals surface area contributed by atoms with Crippen molar-refractivity contribution in [3.8, 4) is 0 Å². The van der Waals surface area contributed by atoms with E-state index in [-0.39, 0.29) is 23.7 Å². The van der Waals surface area contributed by atoms with E-state index in [1.807, 2.05) is 13.8 Å². The van der Waals surface area contributed by atoms with E-state index in [9.17, 15) is 14.4 Å². The molecule has 0 amide bonds. The van der Waals surface area contributed by atoms with Gasteiger partial charge in [0.2, 0.25) is 5.78 Å². The average molecular weight is 365 g/mol. The van der Waals surface area contributed by atoms with E-state index >= 15 is 0 Å². The number of esters is 2. The van der Waals surface area contributed by atoms with Crippen LogP contribution >= 0.6 is 0 Å². The molecule has 0 saturated carbocycles. The smallest absolute Gasteiger partial charge is 0.339 e. The fourth-order valence-corrected chi connectivity index (χ4v) is 3.72. The SMILES string of the molecule is CCOC(=O)C1CC[NH+]([C@@H](C)C(=O)c2[nH]c(C)c(C(=O)OC)c2C)CC1. The second-order valence-electron chi connectivity index (χ2n) is 6.89. The summed E-state index contributed by atoms with van der Waals surface area (Å²) in [5, 5.41) is 0. The molecule has 1 saturated heterocycles. The molecule has 0 radical (unpaired) electrons. The van der Waals surface area contributed by atoms with Gasteiger partial charge < -0.3 is 19.4 Å². The van der Waals surface area contributed by atoms with Crippen LogP contribution < -0.4 is 4.90 Å². The van der Waals surface area contributed by atoms with Gasteiger partial charge in [-0.2, -0.15) is 0 Å². The highest BCUT2D eigenvalue weighted by atomic mass is 16.5. The maximum absolute atomic E-state index is 13.0. The first-order chi connectivity index (χ1) is 12.3. The maximum atomic E-state index is 13.0. The van der Waals surface area contributed by atoms with Gasteiger partial charge >= 0.3 is 11.9 Å². The predicted octanol–water partition coefficient (Wildman–Crippen LogP) is 0.847. The molecular formula is C19H29N2O5+. The number of ketones is 1. The van der Waals surface area contributed by atoms with E-state index < -0.39 is 5.97 Å². The second kappa shape index (κ2) is 8.49. The van der Waals surface area contributed by atoms with Crippen LogP contribution in [0.5, 0.6) is 0 Å². The Labute approximate surface area is 154 Å². The number of Topliss-reactive ketones (excluding diaryl/α,β-unsaturated/α-hetero) is 1. The molecular weight excluding hydrogens is 336 g/mol. The Balaban J connectivity index is 2.07. The lowest BCUT2D eigenvalue weighted by molar-refractivity contribution is -0.919. The molecule has 26 heavy (non-hydrogen) atoms. The molecule has 1 aromatic rings. The predicted molar refractivity (Wildman–Crippen MR) is 95.5 cm³/mol. The normalized spacial score (nSPS) is 21.1. The largest absolute Gasteiger partial charge is 0.466 e. The Morgan fingerprint density at radius 2 is 1.85 bits per heavy atom. The van der Waals surface area contributed by atoms with Crippen molar-refractivity contribution in [1.82, 2.24) is 4.98 Å². The Bertz CT molecular complexity index is 686. The topological polar surface area (TPSA) is 89.9 Å². The summed E-state index contributed by atoms with van der Waals surface area (Å²) >= 11 is 0. The lowest BCUT2D eigenvalue weighted by atomic mass is 9.94. The summed E-state index contributed by atoms with van der Waals surface area (Å²) in [6, 6.07) is -0.250. The zero-order chi connectivity index (χ0) is 19.4. The molecule has 7 heteroatoms. The van der Waals surface area contributed by atoms with E-state index in [0.717, 1.165) is 30.8 Å².